The van der Waals surface area contributed by atoms with Gasteiger partial charge in [-0.05, 0) is 25.7 Å². The lowest BCUT2D eigenvalue weighted by atomic mass is 9.95. The van der Waals surface area contributed by atoms with Crippen LogP contribution < -0.4 is 5.73 Å². The molecular formula is C10H17N5O. The number of nitrogens with zero attached hydrogens (tertiary/aromatic N) is 3. The fourth-order valence-corrected chi connectivity index (χ4v) is 1.87. The molecule has 0 aliphatic heterocycles. The number of nitrogens with two attached hydrogens (primary N) is 1. The van der Waals surface area contributed by atoms with Gasteiger partial charge in [0, 0.05) is 7.05 Å². The first-order valence-corrected chi connectivity index (χ1v) is 5.40. The Bertz CT molecular complexity index is 369. The number of nitrogens with one attached hydrogen (secondary N) is 1. The zero-order valence-electron chi connectivity index (χ0n) is 9.60. The van der Waals surface area contributed by atoms with Gasteiger partial charge in [-0.1, -0.05) is 0 Å². The van der Waals surface area contributed by atoms with E-state index in [4.69, 9.17) is 5.73 Å². The van der Waals surface area contributed by atoms with Gasteiger partial charge in [0.25, 0.3) is 0 Å². The van der Waals surface area contributed by atoms with Crippen molar-refractivity contribution < 1.29 is 4.79 Å². The van der Waals surface area contributed by atoms with E-state index in [0.29, 0.717) is 18.3 Å². The largest absolute Gasteiger partial charge is 0.337 e. The van der Waals surface area contributed by atoms with Crippen molar-refractivity contribution >= 4 is 5.91 Å². The lowest BCUT2D eigenvalue weighted by Crippen LogP contribution is -2.53. The molecule has 1 saturated carbocycles. The van der Waals surface area contributed by atoms with Gasteiger partial charge in [-0.3, -0.25) is 9.89 Å². The lowest BCUT2D eigenvalue weighted by Gasteiger charge is -2.28. The van der Waals surface area contributed by atoms with Crippen molar-refractivity contribution in [2.75, 3.05) is 7.05 Å². The molecule has 1 aromatic rings. The quantitative estimate of drug-likeness (QED) is 0.745. The van der Waals surface area contributed by atoms with Gasteiger partial charge >= 0.3 is 0 Å². The molecule has 1 aliphatic rings. The molecule has 0 aromatic carbocycles. The molecule has 6 nitrogen and oxygen atoms in total. The monoisotopic (exact) mass is 223 g/mol. The van der Waals surface area contributed by atoms with Crippen molar-refractivity contribution in [1.29, 1.82) is 0 Å². The number of rotatable bonds is 4. The van der Waals surface area contributed by atoms with Crippen LogP contribution in [0.1, 0.15) is 25.6 Å². The zero-order valence-corrected chi connectivity index (χ0v) is 9.60. The Labute approximate surface area is 94.2 Å². The van der Waals surface area contributed by atoms with Crippen LogP contribution in [0.5, 0.6) is 0 Å². The van der Waals surface area contributed by atoms with E-state index < -0.39 is 5.54 Å². The molecule has 1 unspecified atom stereocenters. The summed E-state index contributed by atoms with van der Waals surface area (Å²) in [4.78, 5) is 17.7. The highest BCUT2D eigenvalue weighted by Crippen LogP contribution is 2.38. The number of aromatic amines is 1. The van der Waals surface area contributed by atoms with Crippen molar-refractivity contribution in [3.63, 3.8) is 0 Å². The molecule has 1 amide bonds. The first-order valence-electron chi connectivity index (χ1n) is 5.40. The number of carbonyl (C=O) groups is 1. The fourth-order valence-electron chi connectivity index (χ4n) is 1.87. The standard InChI is InChI=1S/C10H17N5O/c1-10(11,7-3-4-7)9(16)15(2)5-8-12-6-13-14-8/h6-7H,3-5,11H2,1-2H3,(H,12,13,14). The van der Waals surface area contributed by atoms with Crippen LogP contribution in [0.2, 0.25) is 0 Å². The summed E-state index contributed by atoms with van der Waals surface area (Å²) in [5.41, 5.74) is 5.32. The molecule has 6 heteroatoms. The molecule has 3 N–H and O–H groups in total. The smallest absolute Gasteiger partial charge is 0.242 e. The van der Waals surface area contributed by atoms with Crippen LogP contribution >= 0.6 is 0 Å². The molecule has 0 saturated heterocycles. The topological polar surface area (TPSA) is 87.9 Å². The first kappa shape index (κ1) is 11.1. The summed E-state index contributed by atoms with van der Waals surface area (Å²) in [6, 6.07) is 0. The van der Waals surface area contributed by atoms with E-state index in [2.05, 4.69) is 15.2 Å². The predicted molar refractivity (Wildman–Crippen MR) is 58.2 cm³/mol. The zero-order chi connectivity index (χ0) is 11.8. The van der Waals surface area contributed by atoms with E-state index in [-0.39, 0.29) is 5.91 Å². The number of hydrogen-bond acceptors (Lipinski definition) is 4. The van der Waals surface area contributed by atoms with Crippen molar-refractivity contribution in [2.24, 2.45) is 11.7 Å². The normalized spacial score (nSPS) is 19.2. The third kappa shape index (κ3) is 2.06. The van der Waals surface area contributed by atoms with E-state index in [1.54, 1.807) is 11.9 Å². The third-order valence-corrected chi connectivity index (χ3v) is 3.08. The van der Waals surface area contributed by atoms with Crippen LogP contribution in [0, 0.1) is 5.92 Å². The molecule has 0 spiro atoms. The Balaban J connectivity index is 1.98. The van der Waals surface area contributed by atoms with Crippen molar-refractivity contribution in [3.05, 3.63) is 12.2 Å². The van der Waals surface area contributed by atoms with Gasteiger partial charge in [-0.15, -0.1) is 0 Å². The minimum Gasteiger partial charge on any atom is -0.337 e. The first-order chi connectivity index (χ1) is 7.51. The number of likely N-dealkylation sites (N-methyl/N-ethyl adjacent to an activating group) is 1. The molecule has 0 bridgehead atoms. The maximum Gasteiger partial charge on any atom is 0.242 e. The summed E-state index contributed by atoms with van der Waals surface area (Å²) in [6.07, 6.45) is 3.53. The van der Waals surface area contributed by atoms with Gasteiger partial charge in [0.15, 0.2) is 0 Å². The second kappa shape index (κ2) is 3.86. The number of aromatic nitrogens is 3. The summed E-state index contributed by atoms with van der Waals surface area (Å²) in [7, 11) is 1.73. The number of hydrogen-bond donors (Lipinski definition) is 2. The molecule has 2 rings (SSSR count). The second-order valence-corrected chi connectivity index (χ2v) is 4.65. The van der Waals surface area contributed by atoms with Crippen molar-refractivity contribution in [2.45, 2.75) is 31.8 Å². The van der Waals surface area contributed by atoms with Gasteiger partial charge in [-0.25, -0.2) is 4.98 Å². The van der Waals surface area contributed by atoms with E-state index in [9.17, 15) is 4.79 Å². The fraction of sp³-hybridized carbons (Fsp3) is 0.700. The van der Waals surface area contributed by atoms with Crippen LogP contribution in [0.3, 0.4) is 0 Å². The summed E-state index contributed by atoms with van der Waals surface area (Å²) in [5, 5.41) is 6.46. The summed E-state index contributed by atoms with van der Waals surface area (Å²) in [5.74, 6) is 0.964. The average molecular weight is 223 g/mol. The minimum absolute atomic E-state index is 0.0357. The SMILES string of the molecule is CN(Cc1ncn[nH]1)C(=O)C(C)(N)C1CC1. The highest BCUT2D eigenvalue weighted by Gasteiger charge is 2.45. The third-order valence-electron chi connectivity index (χ3n) is 3.08. The van der Waals surface area contributed by atoms with Gasteiger partial charge in [-0.2, -0.15) is 5.10 Å². The molecule has 0 radical (unpaired) electrons. The Kier molecular flexibility index (Phi) is 2.67. The molecule has 1 atom stereocenters. The van der Waals surface area contributed by atoms with Crippen LogP contribution in [-0.2, 0) is 11.3 Å². The Morgan fingerprint density at radius 3 is 2.94 bits per heavy atom. The van der Waals surface area contributed by atoms with Gasteiger partial charge < -0.3 is 10.6 Å². The molecule has 16 heavy (non-hydrogen) atoms. The van der Waals surface area contributed by atoms with Crippen LogP contribution in [0.4, 0.5) is 0 Å². The molecular weight excluding hydrogens is 206 g/mol. The Morgan fingerprint density at radius 2 is 2.44 bits per heavy atom. The van der Waals surface area contributed by atoms with Crippen molar-refractivity contribution in [3.8, 4) is 0 Å². The van der Waals surface area contributed by atoms with Gasteiger partial charge in [0.2, 0.25) is 5.91 Å². The van der Waals surface area contributed by atoms with Crippen LogP contribution in [-0.4, -0.2) is 38.6 Å². The van der Waals surface area contributed by atoms with Crippen molar-refractivity contribution in [1.82, 2.24) is 20.1 Å². The highest BCUT2D eigenvalue weighted by molar-refractivity contribution is 5.86. The van der Waals surface area contributed by atoms with Crippen LogP contribution in [0.15, 0.2) is 6.33 Å². The molecule has 1 aliphatic carbocycles. The van der Waals surface area contributed by atoms with E-state index in [1.165, 1.54) is 6.33 Å². The molecule has 1 fully saturated rings. The van der Waals surface area contributed by atoms with E-state index in [0.717, 1.165) is 12.8 Å². The molecule has 88 valence electrons. The van der Waals surface area contributed by atoms with E-state index in [1.807, 2.05) is 6.92 Å². The summed E-state index contributed by atoms with van der Waals surface area (Å²) >= 11 is 0. The molecule has 1 aromatic heterocycles. The highest BCUT2D eigenvalue weighted by atomic mass is 16.2. The minimum atomic E-state index is -0.741. The number of H-pyrrole nitrogens is 1. The summed E-state index contributed by atoms with van der Waals surface area (Å²) in [6.45, 7) is 2.22. The maximum absolute atomic E-state index is 12.1. The molecule has 1 heterocycles. The lowest BCUT2D eigenvalue weighted by molar-refractivity contribution is -0.136. The maximum atomic E-state index is 12.1. The number of amides is 1. The second-order valence-electron chi connectivity index (χ2n) is 4.65. The van der Waals surface area contributed by atoms with Gasteiger partial charge in [0.1, 0.15) is 12.2 Å². The Morgan fingerprint density at radius 1 is 1.75 bits per heavy atom. The average Bonchev–Trinajstić information content (AvgIpc) is 2.99. The predicted octanol–water partition coefficient (Wildman–Crippen LogP) is -0.109. The summed E-state index contributed by atoms with van der Waals surface area (Å²) < 4.78 is 0. The van der Waals surface area contributed by atoms with E-state index >= 15 is 0 Å². The number of carbonyl (C=O) groups excluding carboxylic acids is 1. The van der Waals surface area contributed by atoms with Crippen LogP contribution in [0.25, 0.3) is 0 Å². The Hall–Kier alpha value is -1.43. The van der Waals surface area contributed by atoms with Gasteiger partial charge in [0.05, 0.1) is 12.1 Å².